The predicted octanol–water partition coefficient (Wildman–Crippen LogP) is 2.95. The summed E-state index contributed by atoms with van der Waals surface area (Å²) in [5.41, 5.74) is 0. The molecule has 3 nitrogen and oxygen atoms in total. The van der Waals surface area contributed by atoms with Gasteiger partial charge in [-0.25, -0.2) is 4.39 Å². The van der Waals surface area contributed by atoms with Crippen molar-refractivity contribution in [1.82, 2.24) is 0 Å². The molecule has 1 fully saturated rings. The van der Waals surface area contributed by atoms with Crippen LogP contribution in [-0.4, -0.2) is 9.79 Å². The highest BCUT2D eigenvalue weighted by Crippen LogP contribution is 2.40. The molecule has 5 heteroatoms. The van der Waals surface area contributed by atoms with Crippen molar-refractivity contribution in [2.45, 2.75) is 38.5 Å². The fraction of sp³-hybridized carbons (Fsp3) is 0.778. The Morgan fingerprint density at radius 2 is 1.93 bits per heavy atom. The molecule has 82 valence electrons. The van der Waals surface area contributed by atoms with Crippen molar-refractivity contribution in [3.05, 3.63) is 11.6 Å². The Morgan fingerprint density at radius 3 is 2.43 bits per heavy atom. The zero-order valence-corrected chi connectivity index (χ0v) is 8.92. The minimum Gasteiger partial charge on any atom is -0.321 e. The lowest BCUT2D eigenvalue weighted by Crippen LogP contribution is -2.06. The molecule has 0 amide bonds. The molecule has 0 aliphatic heterocycles. The first kappa shape index (κ1) is 11.9. The van der Waals surface area contributed by atoms with Crippen LogP contribution in [0, 0.1) is 5.92 Å². The van der Waals surface area contributed by atoms with Gasteiger partial charge in [0, 0.05) is 6.42 Å². The number of hydrogen-bond donors (Lipinski definition) is 2. The number of hydrogen-bond acceptors (Lipinski definition) is 1. The lowest BCUT2D eigenvalue weighted by atomic mass is 9.87. The van der Waals surface area contributed by atoms with Gasteiger partial charge in [-0.15, -0.1) is 0 Å². The molecule has 0 heterocycles. The Balaban J connectivity index is 2.43. The van der Waals surface area contributed by atoms with Gasteiger partial charge in [-0.2, -0.15) is 0 Å². The van der Waals surface area contributed by atoms with Gasteiger partial charge in [0.15, 0.2) is 0 Å². The minimum absolute atomic E-state index is 0.186. The smallest absolute Gasteiger partial charge is 0.321 e. The summed E-state index contributed by atoms with van der Waals surface area (Å²) in [4.78, 5) is 17.0. The highest BCUT2D eigenvalue weighted by Gasteiger charge is 2.17. The average Bonchev–Trinajstić information content (AvgIpc) is 2.02. The Morgan fingerprint density at radius 1 is 1.36 bits per heavy atom. The molecule has 1 rings (SSSR count). The maximum absolute atomic E-state index is 13.1. The van der Waals surface area contributed by atoms with Gasteiger partial charge in [-0.1, -0.05) is 32.1 Å². The molecule has 14 heavy (non-hydrogen) atoms. The Kier molecular flexibility index (Phi) is 4.30. The van der Waals surface area contributed by atoms with Crippen LogP contribution < -0.4 is 0 Å². The maximum Gasteiger partial charge on any atom is 0.351 e. The first-order chi connectivity index (χ1) is 6.47. The second kappa shape index (κ2) is 5.06. The highest BCUT2D eigenvalue weighted by molar-refractivity contribution is 7.55. The quantitative estimate of drug-likeness (QED) is 0.722. The van der Waals surface area contributed by atoms with Crippen molar-refractivity contribution >= 4 is 7.60 Å². The largest absolute Gasteiger partial charge is 0.351 e. The summed E-state index contributed by atoms with van der Waals surface area (Å²) >= 11 is 0. The Hall–Kier alpha value is -0.180. The van der Waals surface area contributed by atoms with Gasteiger partial charge < -0.3 is 9.79 Å². The van der Waals surface area contributed by atoms with E-state index in [0.717, 1.165) is 25.7 Å². The van der Waals surface area contributed by atoms with Crippen molar-refractivity contribution < 1.29 is 18.7 Å². The van der Waals surface area contributed by atoms with E-state index in [1.165, 1.54) is 6.42 Å². The molecule has 0 unspecified atom stereocenters. The zero-order valence-electron chi connectivity index (χ0n) is 8.03. The van der Waals surface area contributed by atoms with E-state index in [1.54, 1.807) is 0 Å². The van der Waals surface area contributed by atoms with Gasteiger partial charge in [-0.3, -0.25) is 4.57 Å². The SMILES string of the molecule is O=P(O)(O)C=C(F)CC1CCCCC1. The fourth-order valence-electron chi connectivity index (χ4n) is 1.90. The molecule has 0 aromatic carbocycles. The van der Waals surface area contributed by atoms with Crippen LogP contribution in [0.5, 0.6) is 0 Å². The summed E-state index contributed by atoms with van der Waals surface area (Å²) in [6.45, 7) is 0. The minimum atomic E-state index is -4.33. The highest BCUT2D eigenvalue weighted by atomic mass is 31.2. The van der Waals surface area contributed by atoms with Gasteiger partial charge in [0.05, 0.1) is 5.82 Å². The van der Waals surface area contributed by atoms with Crippen molar-refractivity contribution in [3.8, 4) is 0 Å². The first-order valence-corrected chi connectivity index (χ1v) is 6.58. The van der Waals surface area contributed by atoms with Gasteiger partial charge >= 0.3 is 7.60 Å². The van der Waals surface area contributed by atoms with E-state index >= 15 is 0 Å². The van der Waals surface area contributed by atoms with Gasteiger partial charge in [0.25, 0.3) is 0 Å². The Labute approximate surface area is 83.2 Å². The van der Waals surface area contributed by atoms with Crippen LogP contribution in [0.4, 0.5) is 4.39 Å². The average molecular weight is 222 g/mol. The molecule has 0 aromatic rings. The molecule has 1 aliphatic carbocycles. The van der Waals surface area contributed by atoms with E-state index < -0.39 is 13.4 Å². The van der Waals surface area contributed by atoms with E-state index in [1.807, 2.05) is 0 Å². The third kappa shape index (κ3) is 4.89. The van der Waals surface area contributed by atoms with Crippen LogP contribution >= 0.6 is 7.60 Å². The van der Waals surface area contributed by atoms with E-state index in [9.17, 15) is 8.96 Å². The van der Waals surface area contributed by atoms with Crippen LogP contribution in [0.15, 0.2) is 11.6 Å². The van der Waals surface area contributed by atoms with Crippen LogP contribution in [0.3, 0.4) is 0 Å². The zero-order chi connectivity index (χ0) is 10.6. The second-order valence-corrected chi connectivity index (χ2v) is 5.31. The van der Waals surface area contributed by atoms with Gasteiger partial charge in [0.1, 0.15) is 5.83 Å². The van der Waals surface area contributed by atoms with E-state index in [-0.39, 0.29) is 12.3 Å². The third-order valence-electron chi connectivity index (χ3n) is 2.52. The fourth-order valence-corrected chi connectivity index (χ4v) is 2.37. The van der Waals surface area contributed by atoms with E-state index in [2.05, 4.69) is 0 Å². The third-order valence-corrected chi connectivity index (χ3v) is 3.13. The standard InChI is InChI=1S/C9H16FO3P/c10-9(7-14(11,12)13)6-8-4-2-1-3-5-8/h7-8H,1-6H2,(H2,11,12,13). The summed E-state index contributed by atoms with van der Waals surface area (Å²) in [5.74, 6) is 0.0542. The maximum atomic E-state index is 13.1. The molecular formula is C9H16FO3P. The van der Waals surface area contributed by atoms with Crippen LogP contribution in [0.2, 0.25) is 0 Å². The summed E-state index contributed by atoms with van der Waals surface area (Å²) < 4.78 is 23.5. The summed E-state index contributed by atoms with van der Waals surface area (Å²) in [7, 11) is -4.33. The Bertz CT molecular complexity index is 253. The van der Waals surface area contributed by atoms with Gasteiger partial charge in [0.2, 0.25) is 0 Å². The van der Waals surface area contributed by atoms with Crippen molar-refractivity contribution in [1.29, 1.82) is 0 Å². The van der Waals surface area contributed by atoms with Crippen LogP contribution in [0.25, 0.3) is 0 Å². The van der Waals surface area contributed by atoms with Crippen molar-refractivity contribution in [2.24, 2.45) is 5.92 Å². The lowest BCUT2D eigenvalue weighted by Gasteiger charge is -2.20. The molecule has 2 N–H and O–H groups in total. The molecule has 0 radical (unpaired) electrons. The summed E-state index contributed by atoms with van der Waals surface area (Å²) in [5, 5.41) is 0. The van der Waals surface area contributed by atoms with Crippen molar-refractivity contribution in [2.75, 3.05) is 0 Å². The van der Waals surface area contributed by atoms with E-state index in [0.29, 0.717) is 5.82 Å². The van der Waals surface area contributed by atoms with E-state index in [4.69, 9.17) is 9.79 Å². The normalized spacial score (nSPS) is 21.2. The molecule has 1 saturated carbocycles. The molecule has 0 aromatic heterocycles. The molecule has 0 spiro atoms. The first-order valence-electron chi connectivity index (χ1n) is 4.90. The van der Waals surface area contributed by atoms with Crippen molar-refractivity contribution in [3.63, 3.8) is 0 Å². The molecule has 0 bridgehead atoms. The lowest BCUT2D eigenvalue weighted by molar-refractivity contribution is 0.335. The molecular weight excluding hydrogens is 206 g/mol. The number of rotatable bonds is 3. The number of halogens is 1. The van der Waals surface area contributed by atoms with Crippen LogP contribution in [-0.2, 0) is 4.57 Å². The predicted molar refractivity (Wildman–Crippen MR) is 52.4 cm³/mol. The monoisotopic (exact) mass is 222 g/mol. The van der Waals surface area contributed by atoms with Crippen LogP contribution in [0.1, 0.15) is 38.5 Å². The molecule has 1 aliphatic rings. The topological polar surface area (TPSA) is 57.5 Å². The summed E-state index contributed by atoms with van der Waals surface area (Å²) in [6.07, 6.45) is 5.54. The second-order valence-electron chi connectivity index (χ2n) is 3.87. The number of allylic oxidation sites excluding steroid dienone is 1. The summed E-state index contributed by atoms with van der Waals surface area (Å²) in [6, 6.07) is 0. The molecule has 0 saturated heterocycles. The van der Waals surface area contributed by atoms with Gasteiger partial charge in [-0.05, 0) is 5.92 Å². The molecule has 0 atom stereocenters.